The summed E-state index contributed by atoms with van der Waals surface area (Å²) >= 11 is 15.9. The van der Waals surface area contributed by atoms with Gasteiger partial charge in [0.2, 0.25) is 0 Å². The molecule has 0 radical (unpaired) electrons. The van der Waals surface area contributed by atoms with Crippen molar-refractivity contribution in [1.82, 2.24) is 25.3 Å². The molecule has 0 amide bonds. The Morgan fingerprint density at radius 3 is 1.55 bits per heavy atom. The number of halogens is 2. The number of aromatic nitrogens is 4. The van der Waals surface area contributed by atoms with Gasteiger partial charge >= 0.3 is 11.9 Å². The smallest absolute Gasteiger partial charge is 0.309 e. The fourth-order valence-electron chi connectivity index (χ4n) is 8.92. The third-order valence-corrected chi connectivity index (χ3v) is 16.2. The quantitative estimate of drug-likeness (QED) is 0.0814. The zero-order chi connectivity index (χ0) is 54.1. The van der Waals surface area contributed by atoms with E-state index in [2.05, 4.69) is 69.5 Å². The van der Waals surface area contributed by atoms with Crippen LogP contribution in [-0.2, 0) is 45.5 Å². The molecule has 404 valence electrons. The molecule has 2 fully saturated rings. The van der Waals surface area contributed by atoms with E-state index in [0.29, 0.717) is 40.6 Å². The van der Waals surface area contributed by atoms with E-state index in [-0.39, 0.29) is 36.4 Å². The highest BCUT2D eigenvalue weighted by atomic mass is 35.5. The number of rotatable bonds is 17. The fourth-order valence-corrected chi connectivity index (χ4v) is 11.6. The number of aliphatic carboxylic acids is 2. The molecule has 0 bridgehead atoms. The maximum absolute atomic E-state index is 11.1. The molecule has 9 rings (SSSR count). The minimum atomic E-state index is -4.27. The van der Waals surface area contributed by atoms with Gasteiger partial charge in [0.25, 0.3) is 0 Å². The Kier molecular flexibility index (Phi) is 20.7. The highest BCUT2D eigenvalue weighted by molar-refractivity contribution is 7.85. The summed E-state index contributed by atoms with van der Waals surface area (Å²) in [4.78, 5) is 24.2. The van der Waals surface area contributed by atoms with Gasteiger partial charge in [-0.05, 0) is 143 Å². The van der Waals surface area contributed by atoms with Gasteiger partial charge in [-0.15, -0.1) is 20.4 Å². The summed E-state index contributed by atoms with van der Waals surface area (Å²) in [6.45, 7) is 15.9. The number of benzene rings is 5. The van der Waals surface area contributed by atoms with Crippen molar-refractivity contribution >= 4 is 67.9 Å². The van der Waals surface area contributed by atoms with Gasteiger partial charge in [-0.2, -0.15) is 0 Å². The van der Waals surface area contributed by atoms with E-state index in [1.165, 1.54) is 45.7 Å². The summed E-state index contributed by atoms with van der Waals surface area (Å²) < 4.78 is 42.6. The summed E-state index contributed by atoms with van der Waals surface area (Å²) in [6.07, 6.45) is 4.32. The van der Waals surface area contributed by atoms with Crippen molar-refractivity contribution in [2.45, 2.75) is 112 Å². The molecule has 1 saturated carbocycles. The molecule has 14 nitrogen and oxygen atoms in total. The lowest BCUT2D eigenvalue weighted by molar-refractivity contribution is -0.148. The zero-order valence-electron chi connectivity index (χ0n) is 42.8. The molecule has 1 aliphatic carbocycles. The molecule has 2 aromatic heterocycles. The number of carbonyl (C=O) groups is 2. The maximum Gasteiger partial charge on any atom is 0.309 e. The second-order valence-corrected chi connectivity index (χ2v) is 23.3. The summed E-state index contributed by atoms with van der Waals surface area (Å²) in [5, 5.41) is 40.5. The molecule has 1 saturated heterocycles. The predicted molar refractivity (Wildman–Crippen MR) is 302 cm³/mol. The first-order valence-electron chi connectivity index (χ1n) is 24.7. The first kappa shape index (κ1) is 59.5. The van der Waals surface area contributed by atoms with E-state index in [4.69, 9.17) is 42.9 Å². The van der Waals surface area contributed by atoms with Crippen molar-refractivity contribution in [1.29, 1.82) is 0 Å². The zero-order valence-corrected chi connectivity index (χ0v) is 46.7. The second-order valence-electron chi connectivity index (χ2n) is 19.1. The van der Waals surface area contributed by atoms with Crippen LogP contribution in [0.15, 0.2) is 102 Å². The van der Waals surface area contributed by atoms with Crippen molar-refractivity contribution in [2.24, 2.45) is 17.8 Å². The van der Waals surface area contributed by atoms with Gasteiger partial charge in [-0.25, -0.2) is 8.42 Å². The maximum atomic E-state index is 11.1. The molecule has 5 aromatic carbocycles. The van der Waals surface area contributed by atoms with Gasteiger partial charge in [-0.1, -0.05) is 121 Å². The highest BCUT2D eigenvalue weighted by Gasteiger charge is 2.35. The standard InChI is InChI=1S/C25H27ClN2O3S.C24H26ClN3O3S.C7H8O3S.CH4/c1-4-19-16(10-15-11-18(12-15)25(29)30)6-5-7-20(19)24-28-27-23(32-24)17-8-9-22(21(26)13-17)31-14(2)3;1-4-18-16(11-28-12-17(13-28)24(29)30)6-5-7-19(18)23-27-26-22(32-23)15-8-9-21(20(25)10-15)31-14(2)3;1-6-2-4-7(5-3-6)11(8,9)10;/h5-9,13-15,18H,4,10-12H2,1-3H3,(H,29,30);5-10,14,17H,4,11-13H2,1-3H3,(H,29,30);2-5H,1H3,(H,8,9,10);1H4/p-1. The summed E-state index contributed by atoms with van der Waals surface area (Å²) in [5.74, 6) is -0.0480. The van der Waals surface area contributed by atoms with Crippen LogP contribution in [0.2, 0.25) is 10.0 Å². The molecule has 0 unspecified atom stereocenters. The first-order chi connectivity index (χ1) is 35.7. The number of ether oxygens (including phenoxy) is 2. The molecule has 2 aliphatic rings. The summed E-state index contributed by atoms with van der Waals surface area (Å²) in [5.41, 5.74) is 9.93. The van der Waals surface area contributed by atoms with Crippen LogP contribution in [0.25, 0.3) is 42.3 Å². The Balaban J connectivity index is 0.000000204. The van der Waals surface area contributed by atoms with Crippen LogP contribution in [0.5, 0.6) is 11.5 Å². The lowest BCUT2D eigenvalue weighted by atomic mass is 9.71. The molecule has 1 aliphatic heterocycles. The van der Waals surface area contributed by atoms with Crippen molar-refractivity contribution in [2.75, 3.05) is 13.1 Å². The van der Waals surface area contributed by atoms with E-state index in [9.17, 15) is 22.6 Å². The molecule has 76 heavy (non-hydrogen) atoms. The van der Waals surface area contributed by atoms with Crippen LogP contribution < -0.4 is 9.47 Å². The Morgan fingerprint density at radius 2 is 1.13 bits per heavy atom. The Bertz CT molecular complexity index is 3050. The fraction of sp³-hybridized carbons (Fsp3) is 0.368. The molecule has 7 aromatic rings. The molecule has 0 spiro atoms. The SMILES string of the molecule is C.CCc1c(CC2CC(C(=O)O)C2)cccc1-c1nnc(-c2ccc(OC(C)C)c(Cl)c2)s1.CCc1c(CN2CC(C(=O)O)C2)cccc1-c1nnc(-c2ccc(OC(C)C)c(Cl)c2)s1.Cc1ccc(S(=O)(=O)[O-])cc1. The van der Waals surface area contributed by atoms with E-state index in [1.807, 2.05) is 77.1 Å². The van der Waals surface area contributed by atoms with Gasteiger partial charge in [0.05, 0.1) is 39.0 Å². The topological polar surface area (TPSA) is 205 Å². The van der Waals surface area contributed by atoms with E-state index in [1.54, 1.807) is 23.5 Å². The van der Waals surface area contributed by atoms with Gasteiger partial charge in [0, 0.05) is 41.9 Å². The number of carboxylic acid groups (broad SMARTS) is 2. The number of hydrogen-bond acceptors (Lipinski definition) is 14. The monoisotopic (exact) mass is 1130 g/mol. The van der Waals surface area contributed by atoms with Gasteiger partial charge in [0.15, 0.2) is 0 Å². The van der Waals surface area contributed by atoms with Crippen LogP contribution in [0.3, 0.4) is 0 Å². The summed E-state index contributed by atoms with van der Waals surface area (Å²) in [6, 6.07) is 29.7. The molecule has 2 N–H and O–H groups in total. The van der Waals surface area contributed by atoms with E-state index >= 15 is 0 Å². The van der Waals surface area contributed by atoms with Gasteiger partial charge in [0.1, 0.15) is 41.6 Å². The van der Waals surface area contributed by atoms with E-state index in [0.717, 1.165) is 86.5 Å². The van der Waals surface area contributed by atoms with Crippen LogP contribution in [-0.4, -0.2) is 85.7 Å². The molecular formula is C57H64Cl2N5O9S3-. The number of aryl methyl sites for hydroxylation is 1. The lowest BCUT2D eigenvalue weighted by Gasteiger charge is -2.37. The Labute approximate surface area is 463 Å². The lowest BCUT2D eigenvalue weighted by Crippen LogP contribution is -2.49. The number of hydrogen-bond donors (Lipinski definition) is 2. The summed E-state index contributed by atoms with van der Waals surface area (Å²) in [7, 11) is -4.27. The number of nitrogens with zero attached hydrogens (tertiary/aromatic N) is 5. The first-order valence-corrected chi connectivity index (χ1v) is 28.5. The number of carboxylic acids is 2. The minimum Gasteiger partial charge on any atom is -0.744 e. The highest BCUT2D eigenvalue weighted by Crippen LogP contribution is 2.41. The molecular weight excluding hydrogens is 1070 g/mol. The van der Waals surface area contributed by atoms with Crippen LogP contribution >= 0.6 is 45.9 Å². The van der Waals surface area contributed by atoms with Crippen molar-refractivity contribution in [3.63, 3.8) is 0 Å². The second kappa shape index (κ2) is 26.5. The normalized spacial score (nSPS) is 15.3. The van der Waals surface area contributed by atoms with E-state index < -0.39 is 22.1 Å². The Morgan fingerprint density at radius 1 is 0.684 bits per heavy atom. The third kappa shape index (κ3) is 15.2. The van der Waals surface area contributed by atoms with Crippen LogP contribution in [0.1, 0.15) is 89.6 Å². The van der Waals surface area contributed by atoms with Gasteiger partial charge < -0.3 is 24.2 Å². The van der Waals surface area contributed by atoms with Crippen molar-refractivity contribution in [3.05, 3.63) is 135 Å². The number of likely N-dealkylation sites (tertiary alicyclic amines) is 1. The van der Waals surface area contributed by atoms with Crippen LogP contribution in [0, 0.1) is 24.7 Å². The molecule has 19 heteroatoms. The minimum absolute atomic E-state index is 0. The molecule has 3 heterocycles. The van der Waals surface area contributed by atoms with Crippen molar-refractivity contribution in [3.8, 4) is 53.8 Å². The molecule has 0 atom stereocenters. The van der Waals surface area contributed by atoms with Gasteiger partial charge in [-0.3, -0.25) is 14.5 Å². The van der Waals surface area contributed by atoms with Crippen LogP contribution in [0.4, 0.5) is 0 Å². The average molecular weight is 1130 g/mol. The predicted octanol–water partition coefficient (Wildman–Crippen LogP) is 13.5. The Hall–Kier alpha value is -5.79. The third-order valence-electron chi connectivity index (χ3n) is 12.8. The average Bonchev–Trinajstić information content (AvgIpc) is 4.04. The largest absolute Gasteiger partial charge is 0.744 e. The van der Waals surface area contributed by atoms with Crippen molar-refractivity contribution < 1.29 is 42.2 Å².